The maximum Gasteiger partial charge on any atom is 0.289 e. The molecule has 1 amide bonds. The monoisotopic (exact) mass is 327 g/mol. The Balaban J connectivity index is 1.73. The maximum atomic E-state index is 12.6. The van der Waals surface area contributed by atoms with Gasteiger partial charge in [0, 0.05) is 25.3 Å². The molecule has 0 saturated carbocycles. The SMILES string of the molecule is CC(C)c1cccc(-c2ccc(C(=O)N3CCC(CO)CC3)o2)c1. The van der Waals surface area contributed by atoms with Crippen LogP contribution in [0.5, 0.6) is 0 Å². The summed E-state index contributed by atoms with van der Waals surface area (Å²) in [5.41, 5.74) is 2.25. The first-order valence-electron chi connectivity index (χ1n) is 8.68. The fourth-order valence-corrected chi connectivity index (χ4v) is 3.13. The zero-order valence-electron chi connectivity index (χ0n) is 14.4. The molecule has 1 N–H and O–H groups in total. The van der Waals surface area contributed by atoms with Crippen molar-refractivity contribution >= 4 is 5.91 Å². The Hall–Kier alpha value is -2.07. The first-order valence-corrected chi connectivity index (χ1v) is 8.68. The van der Waals surface area contributed by atoms with Crippen molar-refractivity contribution < 1.29 is 14.3 Å². The molecule has 4 nitrogen and oxygen atoms in total. The van der Waals surface area contributed by atoms with Crippen LogP contribution in [-0.2, 0) is 0 Å². The van der Waals surface area contributed by atoms with E-state index in [1.807, 2.05) is 23.1 Å². The quantitative estimate of drug-likeness (QED) is 0.926. The van der Waals surface area contributed by atoms with E-state index in [1.54, 1.807) is 6.07 Å². The van der Waals surface area contributed by atoms with Crippen LogP contribution >= 0.6 is 0 Å². The first-order chi connectivity index (χ1) is 11.6. The Kier molecular flexibility index (Phi) is 5.05. The average molecular weight is 327 g/mol. The van der Waals surface area contributed by atoms with Gasteiger partial charge >= 0.3 is 0 Å². The molecule has 3 rings (SSSR count). The molecule has 4 heteroatoms. The Morgan fingerprint density at radius 1 is 1.25 bits per heavy atom. The van der Waals surface area contributed by atoms with E-state index in [4.69, 9.17) is 4.42 Å². The van der Waals surface area contributed by atoms with Crippen molar-refractivity contribution in [2.24, 2.45) is 5.92 Å². The number of aliphatic hydroxyl groups excluding tert-OH is 1. The van der Waals surface area contributed by atoms with E-state index < -0.39 is 0 Å². The highest BCUT2D eigenvalue weighted by atomic mass is 16.4. The minimum atomic E-state index is -0.0577. The number of hydrogen-bond acceptors (Lipinski definition) is 3. The lowest BCUT2D eigenvalue weighted by molar-refractivity contribution is 0.0621. The Bertz CT molecular complexity index is 696. The zero-order chi connectivity index (χ0) is 17.1. The second kappa shape index (κ2) is 7.22. The third kappa shape index (κ3) is 3.54. The Morgan fingerprint density at radius 3 is 2.67 bits per heavy atom. The second-order valence-corrected chi connectivity index (χ2v) is 6.86. The summed E-state index contributed by atoms with van der Waals surface area (Å²) in [5, 5.41) is 9.20. The number of amides is 1. The molecular formula is C20H25NO3. The van der Waals surface area contributed by atoms with E-state index in [-0.39, 0.29) is 12.5 Å². The molecule has 2 heterocycles. The van der Waals surface area contributed by atoms with Gasteiger partial charge in [-0.15, -0.1) is 0 Å². The highest BCUT2D eigenvalue weighted by molar-refractivity contribution is 5.92. The molecular weight excluding hydrogens is 302 g/mol. The van der Waals surface area contributed by atoms with Gasteiger partial charge in [0.2, 0.25) is 0 Å². The van der Waals surface area contributed by atoms with Crippen molar-refractivity contribution in [1.29, 1.82) is 0 Å². The molecule has 1 fully saturated rings. The van der Waals surface area contributed by atoms with Crippen molar-refractivity contribution in [2.45, 2.75) is 32.6 Å². The van der Waals surface area contributed by atoms with Crippen molar-refractivity contribution in [3.63, 3.8) is 0 Å². The number of hydrogen-bond donors (Lipinski definition) is 1. The summed E-state index contributed by atoms with van der Waals surface area (Å²) >= 11 is 0. The molecule has 0 spiro atoms. The van der Waals surface area contributed by atoms with Gasteiger partial charge in [-0.1, -0.05) is 32.0 Å². The Labute approximate surface area is 143 Å². The zero-order valence-corrected chi connectivity index (χ0v) is 14.4. The maximum absolute atomic E-state index is 12.6. The highest BCUT2D eigenvalue weighted by Crippen LogP contribution is 2.27. The molecule has 0 atom stereocenters. The van der Waals surface area contributed by atoms with E-state index in [0.717, 1.165) is 24.2 Å². The van der Waals surface area contributed by atoms with Gasteiger partial charge < -0.3 is 14.4 Å². The number of carbonyl (C=O) groups is 1. The minimum absolute atomic E-state index is 0.0577. The Morgan fingerprint density at radius 2 is 2.00 bits per heavy atom. The molecule has 24 heavy (non-hydrogen) atoms. The van der Waals surface area contributed by atoms with Gasteiger partial charge in [0.05, 0.1) is 0 Å². The van der Waals surface area contributed by atoms with Crippen molar-refractivity contribution in [2.75, 3.05) is 19.7 Å². The number of nitrogens with zero attached hydrogens (tertiary/aromatic N) is 1. The summed E-state index contributed by atoms with van der Waals surface area (Å²) in [7, 11) is 0. The van der Waals surface area contributed by atoms with Gasteiger partial charge in [-0.25, -0.2) is 0 Å². The van der Waals surface area contributed by atoms with Gasteiger partial charge in [-0.2, -0.15) is 0 Å². The van der Waals surface area contributed by atoms with E-state index >= 15 is 0 Å². The predicted molar refractivity (Wildman–Crippen MR) is 93.9 cm³/mol. The van der Waals surface area contributed by atoms with Crippen LogP contribution in [0, 0.1) is 5.92 Å². The van der Waals surface area contributed by atoms with Crippen molar-refractivity contribution in [3.05, 3.63) is 47.7 Å². The fourth-order valence-electron chi connectivity index (χ4n) is 3.13. The molecule has 1 aliphatic heterocycles. The topological polar surface area (TPSA) is 53.7 Å². The molecule has 2 aromatic rings. The lowest BCUT2D eigenvalue weighted by atomic mass is 9.98. The number of aliphatic hydroxyl groups is 1. The van der Waals surface area contributed by atoms with Crippen molar-refractivity contribution in [1.82, 2.24) is 4.90 Å². The molecule has 128 valence electrons. The summed E-state index contributed by atoms with van der Waals surface area (Å²) in [6.45, 7) is 5.89. The predicted octanol–water partition coefficient (Wildman–Crippen LogP) is 3.91. The highest BCUT2D eigenvalue weighted by Gasteiger charge is 2.25. The lowest BCUT2D eigenvalue weighted by Crippen LogP contribution is -2.39. The van der Waals surface area contributed by atoms with Crippen LogP contribution in [0.4, 0.5) is 0 Å². The third-order valence-electron chi connectivity index (χ3n) is 4.81. The summed E-state index contributed by atoms with van der Waals surface area (Å²) in [4.78, 5) is 14.4. The lowest BCUT2D eigenvalue weighted by Gasteiger charge is -2.30. The molecule has 1 aliphatic rings. The van der Waals surface area contributed by atoms with Gasteiger partial charge in [0.15, 0.2) is 5.76 Å². The number of rotatable bonds is 4. The van der Waals surface area contributed by atoms with E-state index in [0.29, 0.717) is 30.7 Å². The number of carbonyl (C=O) groups excluding carboxylic acids is 1. The molecule has 1 aromatic heterocycles. The summed E-state index contributed by atoms with van der Waals surface area (Å²) in [6, 6.07) is 11.9. The number of likely N-dealkylation sites (tertiary alicyclic amines) is 1. The molecule has 0 bridgehead atoms. The molecule has 0 radical (unpaired) electrons. The van der Waals surface area contributed by atoms with Crippen molar-refractivity contribution in [3.8, 4) is 11.3 Å². The third-order valence-corrected chi connectivity index (χ3v) is 4.81. The second-order valence-electron chi connectivity index (χ2n) is 6.86. The van der Waals surface area contributed by atoms with E-state index in [1.165, 1.54) is 5.56 Å². The van der Waals surface area contributed by atoms with Crippen LogP contribution in [0.25, 0.3) is 11.3 Å². The van der Waals surface area contributed by atoms with Crippen LogP contribution in [0.15, 0.2) is 40.8 Å². The molecule has 1 saturated heterocycles. The normalized spacial score (nSPS) is 15.9. The smallest absolute Gasteiger partial charge is 0.289 e. The average Bonchev–Trinajstić information content (AvgIpc) is 3.11. The first kappa shape index (κ1) is 16.8. The number of furan rings is 1. The number of benzene rings is 1. The molecule has 1 aromatic carbocycles. The van der Waals surface area contributed by atoms with E-state index in [9.17, 15) is 9.90 Å². The largest absolute Gasteiger partial charge is 0.451 e. The fraction of sp³-hybridized carbons (Fsp3) is 0.450. The van der Waals surface area contributed by atoms with E-state index in [2.05, 4.69) is 26.0 Å². The summed E-state index contributed by atoms with van der Waals surface area (Å²) < 4.78 is 5.83. The van der Waals surface area contributed by atoms with Crippen LogP contribution in [0.3, 0.4) is 0 Å². The van der Waals surface area contributed by atoms with Gasteiger partial charge in [-0.05, 0) is 48.4 Å². The van der Waals surface area contributed by atoms with Gasteiger partial charge in [0.1, 0.15) is 5.76 Å². The van der Waals surface area contributed by atoms with Gasteiger partial charge in [-0.3, -0.25) is 4.79 Å². The van der Waals surface area contributed by atoms with Crippen LogP contribution < -0.4 is 0 Å². The molecule has 0 unspecified atom stereocenters. The van der Waals surface area contributed by atoms with Crippen LogP contribution in [0.2, 0.25) is 0 Å². The van der Waals surface area contributed by atoms with Crippen LogP contribution in [-0.4, -0.2) is 35.6 Å². The standard InChI is InChI=1S/C20H25NO3/c1-14(2)16-4-3-5-17(12-16)18-6-7-19(24-18)20(23)21-10-8-15(13-22)9-11-21/h3-7,12,14-15,22H,8-11,13H2,1-2H3. The van der Waals surface area contributed by atoms with Crippen LogP contribution in [0.1, 0.15) is 48.7 Å². The van der Waals surface area contributed by atoms with Gasteiger partial charge in [0.25, 0.3) is 5.91 Å². The number of piperidine rings is 1. The minimum Gasteiger partial charge on any atom is -0.451 e. The summed E-state index contributed by atoms with van der Waals surface area (Å²) in [6.07, 6.45) is 1.71. The molecule has 0 aliphatic carbocycles. The summed E-state index contributed by atoms with van der Waals surface area (Å²) in [5.74, 6) is 1.83.